The number of aryl methyl sites for hydroxylation is 2. The van der Waals surface area contributed by atoms with E-state index in [2.05, 4.69) is 28.4 Å². The highest BCUT2D eigenvalue weighted by Gasteiger charge is 2.17. The molecule has 4 nitrogen and oxygen atoms in total. The molecule has 1 fully saturated rings. The Bertz CT molecular complexity index is 751. The van der Waals surface area contributed by atoms with Crippen LogP contribution in [0.4, 0.5) is 11.4 Å². The number of hydrogen-bond acceptors (Lipinski definition) is 3. The van der Waals surface area contributed by atoms with Crippen molar-refractivity contribution in [3.05, 3.63) is 59.2 Å². The molecule has 0 radical (unpaired) electrons. The second-order valence-corrected chi connectivity index (χ2v) is 6.41. The first-order chi connectivity index (χ1) is 11.8. The third-order valence-electron chi connectivity index (χ3n) is 4.86. The number of carbonyl (C=O) groups excluding carboxylic acids is 1. The van der Waals surface area contributed by atoms with Crippen LogP contribution in [0, 0.1) is 0 Å². The van der Waals surface area contributed by atoms with Crippen molar-refractivity contribution < 1.29 is 9.53 Å². The van der Waals surface area contributed by atoms with E-state index in [1.165, 1.54) is 17.5 Å². The Labute approximate surface area is 142 Å². The van der Waals surface area contributed by atoms with E-state index in [1.54, 1.807) is 0 Å². The van der Waals surface area contributed by atoms with Gasteiger partial charge in [0.2, 0.25) is 0 Å². The molecule has 1 heterocycles. The summed E-state index contributed by atoms with van der Waals surface area (Å²) in [6.07, 6.45) is 3.41. The van der Waals surface area contributed by atoms with E-state index >= 15 is 0 Å². The number of amides is 1. The molecule has 0 spiro atoms. The van der Waals surface area contributed by atoms with Crippen LogP contribution in [0.25, 0.3) is 0 Å². The molecule has 4 rings (SSSR count). The number of benzene rings is 2. The third-order valence-corrected chi connectivity index (χ3v) is 4.86. The molecule has 2 aromatic carbocycles. The molecule has 2 aliphatic rings. The molecular formula is C20H22N2O2. The van der Waals surface area contributed by atoms with E-state index in [-0.39, 0.29) is 5.91 Å². The number of carbonyl (C=O) groups is 1. The number of anilines is 2. The number of fused-ring (bicyclic) bond motifs is 1. The minimum absolute atomic E-state index is 0.0367. The molecule has 0 unspecified atom stereocenters. The zero-order valence-electron chi connectivity index (χ0n) is 13.8. The van der Waals surface area contributed by atoms with Crippen LogP contribution in [0.15, 0.2) is 42.5 Å². The number of rotatable bonds is 3. The molecule has 1 N–H and O–H groups in total. The van der Waals surface area contributed by atoms with Crippen molar-refractivity contribution in [1.29, 1.82) is 0 Å². The van der Waals surface area contributed by atoms with Gasteiger partial charge in [-0.05, 0) is 54.7 Å². The average molecular weight is 322 g/mol. The van der Waals surface area contributed by atoms with E-state index in [9.17, 15) is 4.79 Å². The van der Waals surface area contributed by atoms with Crippen LogP contribution < -0.4 is 10.2 Å². The second kappa shape index (κ2) is 6.65. The zero-order chi connectivity index (χ0) is 16.4. The van der Waals surface area contributed by atoms with Crippen LogP contribution >= 0.6 is 0 Å². The highest BCUT2D eigenvalue weighted by molar-refractivity contribution is 6.06. The zero-order valence-corrected chi connectivity index (χ0v) is 13.8. The molecule has 124 valence electrons. The van der Waals surface area contributed by atoms with Crippen molar-refractivity contribution in [2.45, 2.75) is 19.3 Å². The Morgan fingerprint density at radius 1 is 1.00 bits per heavy atom. The number of morpholine rings is 1. The maximum Gasteiger partial charge on any atom is 0.255 e. The highest BCUT2D eigenvalue weighted by Crippen LogP contribution is 2.28. The van der Waals surface area contributed by atoms with Gasteiger partial charge in [-0.25, -0.2) is 0 Å². The van der Waals surface area contributed by atoms with Gasteiger partial charge in [0.15, 0.2) is 0 Å². The summed E-state index contributed by atoms with van der Waals surface area (Å²) in [6.45, 7) is 3.16. The van der Waals surface area contributed by atoms with Crippen molar-refractivity contribution in [1.82, 2.24) is 0 Å². The Hall–Kier alpha value is -2.33. The van der Waals surface area contributed by atoms with Crippen molar-refractivity contribution >= 4 is 17.3 Å². The predicted octanol–water partition coefficient (Wildman–Crippen LogP) is 3.26. The Morgan fingerprint density at radius 2 is 1.79 bits per heavy atom. The Morgan fingerprint density at radius 3 is 2.67 bits per heavy atom. The standard InChI is InChI=1S/C20H22N2O2/c23-20(17-9-8-15-4-3-5-16(15)14-17)21-18-6-1-2-7-19(18)22-10-12-24-13-11-22/h1-2,6-9,14H,3-5,10-13H2,(H,21,23). The van der Waals surface area contributed by atoms with Gasteiger partial charge in [-0.2, -0.15) is 0 Å². The van der Waals surface area contributed by atoms with Gasteiger partial charge in [0.1, 0.15) is 0 Å². The summed E-state index contributed by atoms with van der Waals surface area (Å²) in [5.41, 5.74) is 5.39. The van der Waals surface area contributed by atoms with Gasteiger partial charge in [-0.3, -0.25) is 4.79 Å². The lowest BCUT2D eigenvalue weighted by molar-refractivity contribution is 0.102. The number of para-hydroxylation sites is 2. The SMILES string of the molecule is O=C(Nc1ccccc1N1CCOCC1)c1ccc2c(c1)CCC2. The van der Waals surface area contributed by atoms with Crippen molar-refractivity contribution in [2.24, 2.45) is 0 Å². The normalized spacial score (nSPS) is 16.8. The number of nitrogens with zero attached hydrogens (tertiary/aromatic N) is 1. The first-order valence-electron chi connectivity index (χ1n) is 8.66. The van der Waals surface area contributed by atoms with Gasteiger partial charge < -0.3 is 15.0 Å². The topological polar surface area (TPSA) is 41.6 Å². The van der Waals surface area contributed by atoms with E-state index in [1.807, 2.05) is 24.3 Å². The van der Waals surface area contributed by atoms with Crippen LogP contribution in [-0.2, 0) is 17.6 Å². The van der Waals surface area contributed by atoms with Crippen LogP contribution in [0.1, 0.15) is 27.9 Å². The van der Waals surface area contributed by atoms with Crippen molar-refractivity contribution in [3.63, 3.8) is 0 Å². The molecule has 1 amide bonds. The molecule has 24 heavy (non-hydrogen) atoms. The fourth-order valence-electron chi connectivity index (χ4n) is 3.57. The first kappa shape index (κ1) is 15.2. The molecule has 1 aliphatic heterocycles. The number of nitrogens with one attached hydrogen (secondary N) is 1. The van der Waals surface area contributed by atoms with E-state index < -0.39 is 0 Å². The van der Waals surface area contributed by atoms with Gasteiger partial charge in [0.05, 0.1) is 24.6 Å². The van der Waals surface area contributed by atoms with Gasteiger partial charge in [0.25, 0.3) is 5.91 Å². The largest absolute Gasteiger partial charge is 0.378 e. The molecule has 1 saturated heterocycles. The predicted molar refractivity (Wildman–Crippen MR) is 95.9 cm³/mol. The lowest BCUT2D eigenvalue weighted by Crippen LogP contribution is -2.36. The number of ether oxygens (including phenoxy) is 1. The molecule has 4 heteroatoms. The molecule has 0 atom stereocenters. The smallest absolute Gasteiger partial charge is 0.255 e. The monoisotopic (exact) mass is 322 g/mol. The van der Waals surface area contributed by atoms with Crippen molar-refractivity contribution in [2.75, 3.05) is 36.5 Å². The summed E-state index contributed by atoms with van der Waals surface area (Å²) < 4.78 is 5.43. The summed E-state index contributed by atoms with van der Waals surface area (Å²) in [5.74, 6) is -0.0367. The minimum Gasteiger partial charge on any atom is -0.378 e. The Kier molecular flexibility index (Phi) is 4.22. The summed E-state index contributed by atoms with van der Waals surface area (Å²) in [7, 11) is 0. The van der Waals surface area contributed by atoms with Crippen LogP contribution in [0.2, 0.25) is 0 Å². The molecule has 1 aliphatic carbocycles. The molecule has 0 aromatic heterocycles. The number of hydrogen-bond donors (Lipinski definition) is 1. The summed E-state index contributed by atoms with van der Waals surface area (Å²) in [5, 5.41) is 3.09. The summed E-state index contributed by atoms with van der Waals surface area (Å²) in [4.78, 5) is 15.0. The van der Waals surface area contributed by atoms with E-state index in [0.29, 0.717) is 0 Å². The lowest BCUT2D eigenvalue weighted by atomic mass is 10.1. The summed E-state index contributed by atoms with van der Waals surface area (Å²) in [6, 6.07) is 14.1. The molecular weight excluding hydrogens is 300 g/mol. The maximum atomic E-state index is 12.7. The third kappa shape index (κ3) is 3.02. The van der Waals surface area contributed by atoms with Gasteiger partial charge >= 0.3 is 0 Å². The second-order valence-electron chi connectivity index (χ2n) is 6.41. The van der Waals surface area contributed by atoms with E-state index in [4.69, 9.17) is 4.74 Å². The Balaban J connectivity index is 1.55. The van der Waals surface area contributed by atoms with Gasteiger partial charge in [-0.15, -0.1) is 0 Å². The van der Waals surface area contributed by atoms with Gasteiger partial charge in [0, 0.05) is 18.7 Å². The molecule has 2 aromatic rings. The molecule has 0 saturated carbocycles. The van der Waals surface area contributed by atoms with Crippen LogP contribution in [0.3, 0.4) is 0 Å². The minimum atomic E-state index is -0.0367. The van der Waals surface area contributed by atoms with Crippen LogP contribution in [-0.4, -0.2) is 32.2 Å². The van der Waals surface area contributed by atoms with Crippen LogP contribution in [0.5, 0.6) is 0 Å². The fourth-order valence-corrected chi connectivity index (χ4v) is 3.57. The highest BCUT2D eigenvalue weighted by atomic mass is 16.5. The van der Waals surface area contributed by atoms with E-state index in [0.717, 1.165) is 56.1 Å². The average Bonchev–Trinajstić information content (AvgIpc) is 3.10. The maximum absolute atomic E-state index is 12.7. The fraction of sp³-hybridized carbons (Fsp3) is 0.350. The quantitative estimate of drug-likeness (QED) is 0.943. The lowest BCUT2D eigenvalue weighted by Gasteiger charge is -2.30. The van der Waals surface area contributed by atoms with Gasteiger partial charge in [-0.1, -0.05) is 18.2 Å². The first-order valence-corrected chi connectivity index (χ1v) is 8.66. The summed E-state index contributed by atoms with van der Waals surface area (Å²) >= 11 is 0. The van der Waals surface area contributed by atoms with Crippen molar-refractivity contribution in [3.8, 4) is 0 Å². The molecule has 0 bridgehead atoms.